The van der Waals surface area contributed by atoms with Gasteiger partial charge < -0.3 is 16.0 Å². The molecule has 2 fully saturated rings. The molecule has 0 spiro atoms. The minimum Gasteiger partial charge on any atom is -0.352 e. The summed E-state index contributed by atoms with van der Waals surface area (Å²) in [5.74, 6) is 0.155. The van der Waals surface area contributed by atoms with Gasteiger partial charge in [-0.15, -0.1) is 0 Å². The second-order valence-corrected chi connectivity index (χ2v) is 4.92. The highest BCUT2D eigenvalue weighted by atomic mass is 16.2. The molecular weight excluding hydrogens is 206 g/mol. The van der Waals surface area contributed by atoms with Gasteiger partial charge in [0.1, 0.15) is 0 Å². The van der Waals surface area contributed by atoms with Gasteiger partial charge in [0.2, 0.25) is 11.8 Å². The molecule has 0 bridgehead atoms. The molecule has 2 rings (SSSR count). The third-order valence-corrected chi connectivity index (χ3v) is 3.58. The first-order valence-electron chi connectivity index (χ1n) is 5.84. The number of nitrogens with one attached hydrogen (secondary N) is 1. The fraction of sp³-hybridized carbons (Fsp3) is 0.818. The van der Waals surface area contributed by atoms with Crippen LogP contribution in [0, 0.1) is 5.41 Å². The highest BCUT2D eigenvalue weighted by Gasteiger charge is 2.51. The maximum atomic E-state index is 12.1. The van der Waals surface area contributed by atoms with Gasteiger partial charge in [0, 0.05) is 32.6 Å². The zero-order valence-corrected chi connectivity index (χ0v) is 9.66. The molecule has 1 aliphatic heterocycles. The van der Waals surface area contributed by atoms with Crippen molar-refractivity contribution in [3.63, 3.8) is 0 Å². The van der Waals surface area contributed by atoms with Crippen LogP contribution in [0.25, 0.3) is 0 Å². The van der Waals surface area contributed by atoms with Gasteiger partial charge >= 0.3 is 0 Å². The van der Waals surface area contributed by atoms with E-state index in [1.165, 1.54) is 6.92 Å². The van der Waals surface area contributed by atoms with Gasteiger partial charge in [0.05, 0.1) is 5.41 Å². The number of likely N-dealkylation sites (tertiary alicyclic amines) is 1. The summed E-state index contributed by atoms with van der Waals surface area (Å²) >= 11 is 0. The Balaban J connectivity index is 1.89. The Morgan fingerprint density at radius 2 is 2.19 bits per heavy atom. The summed E-state index contributed by atoms with van der Waals surface area (Å²) in [6.45, 7) is 3.34. The first kappa shape index (κ1) is 11.4. The molecule has 5 nitrogen and oxygen atoms in total. The van der Waals surface area contributed by atoms with Crippen molar-refractivity contribution in [1.29, 1.82) is 0 Å². The van der Waals surface area contributed by atoms with Crippen molar-refractivity contribution in [3.8, 4) is 0 Å². The molecule has 90 valence electrons. The Morgan fingerprint density at radius 3 is 2.69 bits per heavy atom. The van der Waals surface area contributed by atoms with Crippen LogP contribution in [0.1, 0.15) is 26.2 Å². The van der Waals surface area contributed by atoms with E-state index in [9.17, 15) is 9.59 Å². The number of carbonyl (C=O) groups is 2. The Labute approximate surface area is 95.3 Å². The topological polar surface area (TPSA) is 75.4 Å². The normalized spacial score (nSPS) is 26.6. The quantitative estimate of drug-likeness (QED) is 0.677. The first-order chi connectivity index (χ1) is 7.57. The Kier molecular flexibility index (Phi) is 2.88. The molecule has 1 atom stereocenters. The summed E-state index contributed by atoms with van der Waals surface area (Å²) in [7, 11) is 0. The maximum Gasteiger partial charge on any atom is 0.230 e. The average Bonchev–Trinajstić information content (AvgIpc) is 2.92. The Morgan fingerprint density at radius 1 is 1.50 bits per heavy atom. The molecule has 1 aliphatic carbocycles. The molecule has 1 heterocycles. The minimum atomic E-state index is -0.259. The molecule has 0 aromatic heterocycles. The van der Waals surface area contributed by atoms with Crippen LogP contribution < -0.4 is 11.1 Å². The lowest BCUT2D eigenvalue weighted by molar-refractivity contribution is -0.135. The smallest absolute Gasteiger partial charge is 0.230 e. The molecule has 3 N–H and O–H groups in total. The van der Waals surface area contributed by atoms with Gasteiger partial charge in [-0.3, -0.25) is 9.59 Å². The summed E-state index contributed by atoms with van der Waals surface area (Å²) in [5.41, 5.74) is 5.38. The van der Waals surface area contributed by atoms with Crippen LogP contribution in [-0.2, 0) is 9.59 Å². The Bertz CT molecular complexity index is 312. The summed E-state index contributed by atoms with van der Waals surface area (Å²) in [6.07, 6.45) is 2.69. The fourth-order valence-electron chi connectivity index (χ4n) is 2.34. The van der Waals surface area contributed by atoms with Gasteiger partial charge in [0.25, 0.3) is 0 Å². The first-order valence-corrected chi connectivity index (χ1v) is 5.84. The van der Waals surface area contributed by atoms with E-state index in [1.807, 2.05) is 4.90 Å². The molecule has 1 saturated heterocycles. The molecule has 0 aromatic carbocycles. The summed E-state index contributed by atoms with van der Waals surface area (Å²) in [5, 5.41) is 2.85. The largest absolute Gasteiger partial charge is 0.352 e. The monoisotopic (exact) mass is 225 g/mol. The van der Waals surface area contributed by atoms with Crippen molar-refractivity contribution in [1.82, 2.24) is 10.2 Å². The molecular formula is C11H19N3O2. The van der Waals surface area contributed by atoms with Gasteiger partial charge in [0.15, 0.2) is 0 Å². The zero-order chi connectivity index (χ0) is 11.8. The van der Waals surface area contributed by atoms with E-state index in [1.54, 1.807) is 0 Å². The van der Waals surface area contributed by atoms with Crippen LogP contribution in [0.2, 0.25) is 0 Å². The van der Waals surface area contributed by atoms with E-state index in [4.69, 9.17) is 5.73 Å². The standard InChI is InChI=1S/C11H19N3O2/c1-8(15)13-9-2-5-14(6-9)10(16)11(7-12)3-4-11/h9H,2-7,12H2,1H3,(H,13,15). The molecule has 5 heteroatoms. The second kappa shape index (κ2) is 4.05. The molecule has 2 amide bonds. The lowest BCUT2D eigenvalue weighted by atomic mass is 10.1. The lowest BCUT2D eigenvalue weighted by Crippen LogP contribution is -2.42. The van der Waals surface area contributed by atoms with Crippen molar-refractivity contribution in [2.75, 3.05) is 19.6 Å². The summed E-state index contributed by atoms with van der Waals surface area (Å²) in [4.78, 5) is 24.9. The second-order valence-electron chi connectivity index (χ2n) is 4.92. The molecule has 1 saturated carbocycles. The third kappa shape index (κ3) is 2.04. The van der Waals surface area contributed by atoms with Crippen LogP contribution in [0.5, 0.6) is 0 Å². The number of amides is 2. The molecule has 1 unspecified atom stereocenters. The van der Waals surface area contributed by atoms with Crippen LogP contribution in [-0.4, -0.2) is 42.4 Å². The molecule has 16 heavy (non-hydrogen) atoms. The summed E-state index contributed by atoms with van der Waals surface area (Å²) < 4.78 is 0. The molecule has 2 aliphatic rings. The predicted molar refractivity (Wildman–Crippen MR) is 59.5 cm³/mol. The highest BCUT2D eigenvalue weighted by Crippen LogP contribution is 2.46. The van der Waals surface area contributed by atoms with Crippen molar-refractivity contribution in [3.05, 3.63) is 0 Å². The SMILES string of the molecule is CC(=O)NC1CCN(C(=O)C2(CN)CC2)C1. The number of hydrogen-bond donors (Lipinski definition) is 2. The zero-order valence-electron chi connectivity index (χ0n) is 9.66. The van der Waals surface area contributed by atoms with E-state index >= 15 is 0 Å². The van der Waals surface area contributed by atoms with Crippen LogP contribution in [0.4, 0.5) is 0 Å². The third-order valence-electron chi connectivity index (χ3n) is 3.58. The Hall–Kier alpha value is -1.10. The fourth-order valence-corrected chi connectivity index (χ4v) is 2.34. The van der Waals surface area contributed by atoms with E-state index in [2.05, 4.69) is 5.32 Å². The van der Waals surface area contributed by atoms with Crippen molar-refractivity contribution < 1.29 is 9.59 Å². The van der Waals surface area contributed by atoms with E-state index in [0.717, 1.165) is 25.8 Å². The number of nitrogens with zero attached hydrogens (tertiary/aromatic N) is 1. The highest BCUT2D eigenvalue weighted by molar-refractivity contribution is 5.86. The van der Waals surface area contributed by atoms with Crippen LogP contribution >= 0.6 is 0 Å². The van der Waals surface area contributed by atoms with E-state index < -0.39 is 0 Å². The van der Waals surface area contributed by atoms with Crippen LogP contribution in [0.15, 0.2) is 0 Å². The predicted octanol–water partition coefficient (Wildman–Crippen LogP) is -0.538. The van der Waals surface area contributed by atoms with E-state index in [0.29, 0.717) is 13.1 Å². The van der Waals surface area contributed by atoms with Crippen molar-refractivity contribution in [2.45, 2.75) is 32.2 Å². The van der Waals surface area contributed by atoms with Gasteiger partial charge in [-0.25, -0.2) is 0 Å². The number of carbonyl (C=O) groups excluding carboxylic acids is 2. The van der Waals surface area contributed by atoms with Gasteiger partial charge in [-0.2, -0.15) is 0 Å². The maximum absolute atomic E-state index is 12.1. The number of rotatable bonds is 3. The van der Waals surface area contributed by atoms with Crippen molar-refractivity contribution in [2.24, 2.45) is 11.1 Å². The lowest BCUT2D eigenvalue weighted by Gasteiger charge is -2.22. The number of hydrogen-bond acceptors (Lipinski definition) is 3. The molecule has 0 aromatic rings. The summed E-state index contributed by atoms with van der Waals surface area (Å²) in [6, 6.07) is 0.120. The van der Waals surface area contributed by atoms with E-state index in [-0.39, 0.29) is 23.3 Å². The number of nitrogens with two attached hydrogens (primary N) is 1. The molecule has 0 radical (unpaired) electrons. The van der Waals surface area contributed by atoms with Crippen molar-refractivity contribution >= 4 is 11.8 Å². The average molecular weight is 225 g/mol. The van der Waals surface area contributed by atoms with Crippen LogP contribution in [0.3, 0.4) is 0 Å². The van der Waals surface area contributed by atoms with Gasteiger partial charge in [-0.1, -0.05) is 0 Å². The minimum absolute atomic E-state index is 0.0285. The van der Waals surface area contributed by atoms with Gasteiger partial charge in [-0.05, 0) is 19.3 Å².